The van der Waals surface area contributed by atoms with E-state index in [1.165, 1.54) is 10.5 Å². The number of pyridine rings is 1. The average Bonchev–Trinajstić information content (AvgIpc) is 3.14. The van der Waals surface area contributed by atoms with E-state index in [1.807, 2.05) is 20.8 Å². The summed E-state index contributed by atoms with van der Waals surface area (Å²) in [5.74, 6) is 0.429. The molecular weight excluding hydrogens is 383 g/mol. The number of carbonyl (C=O) groups excluding carboxylic acids is 1. The lowest BCUT2D eigenvalue weighted by atomic mass is 9.95. The van der Waals surface area contributed by atoms with E-state index in [1.54, 1.807) is 0 Å². The molecule has 3 rings (SSSR count). The van der Waals surface area contributed by atoms with E-state index in [-0.39, 0.29) is 23.9 Å². The molecule has 1 saturated heterocycles. The van der Waals surface area contributed by atoms with Crippen LogP contribution in [0.15, 0.2) is 18.3 Å². The number of rotatable bonds is 6. The predicted molar refractivity (Wildman–Crippen MR) is 104 cm³/mol. The van der Waals surface area contributed by atoms with Gasteiger partial charge < -0.3 is 5.32 Å². The number of likely N-dealkylation sites (tertiary alicyclic amines) is 1. The Balaban J connectivity index is 1.78. The highest BCUT2D eigenvalue weighted by Crippen LogP contribution is 2.31. The predicted octanol–water partition coefficient (Wildman–Crippen LogP) is 3.62. The Kier molecular flexibility index (Phi) is 6.45. The smallest absolute Gasteiger partial charge is 0.352 e. The molecule has 1 aliphatic rings. The van der Waals surface area contributed by atoms with Crippen molar-refractivity contribution in [3.8, 4) is 0 Å². The lowest BCUT2D eigenvalue weighted by Gasteiger charge is -2.36. The number of piperidine rings is 1. The van der Waals surface area contributed by atoms with Crippen molar-refractivity contribution in [2.24, 2.45) is 0 Å². The first-order valence-corrected chi connectivity index (χ1v) is 10.2. The number of carbonyl (C=O) groups is 1. The number of nitrogens with one attached hydrogen (secondary N) is 1. The summed E-state index contributed by atoms with van der Waals surface area (Å²) in [7, 11) is 0. The number of amides is 1. The molecule has 2 atom stereocenters. The van der Waals surface area contributed by atoms with Crippen molar-refractivity contribution in [1.29, 1.82) is 0 Å². The minimum atomic E-state index is -4.42. The second-order valence-corrected chi connectivity index (χ2v) is 7.73. The molecule has 6 nitrogen and oxygen atoms in total. The Labute approximate surface area is 168 Å². The number of aromatic nitrogens is 3. The largest absolute Gasteiger partial charge is 0.417 e. The van der Waals surface area contributed by atoms with Crippen LogP contribution in [0.4, 0.5) is 13.2 Å². The van der Waals surface area contributed by atoms with Crippen LogP contribution in [0.3, 0.4) is 0 Å². The third kappa shape index (κ3) is 4.71. The molecule has 3 heterocycles. The summed E-state index contributed by atoms with van der Waals surface area (Å²) in [6.45, 7) is 7.31. The molecule has 0 saturated carbocycles. The molecule has 1 N–H and O–H groups in total. The van der Waals surface area contributed by atoms with E-state index in [0.717, 1.165) is 44.5 Å². The summed E-state index contributed by atoms with van der Waals surface area (Å²) in [5.41, 5.74) is -0.332. The van der Waals surface area contributed by atoms with Gasteiger partial charge >= 0.3 is 6.18 Å². The third-order valence-corrected chi connectivity index (χ3v) is 5.83. The van der Waals surface area contributed by atoms with Gasteiger partial charge in [-0.3, -0.25) is 14.1 Å². The van der Waals surface area contributed by atoms with Gasteiger partial charge in [0, 0.05) is 24.7 Å². The minimum absolute atomic E-state index is 0.00944. The van der Waals surface area contributed by atoms with Crippen molar-refractivity contribution < 1.29 is 18.0 Å². The summed E-state index contributed by atoms with van der Waals surface area (Å²) >= 11 is 0. The van der Waals surface area contributed by atoms with Gasteiger partial charge in [-0.1, -0.05) is 13.8 Å². The maximum atomic E-state index is 13.1. The van der Waals surface area contributed by atoms with Gasteiger partial charge in [-0.25, -0.2) is 0 Å². The SMILES string of the molecule is CCC(CC)NC(=O)C(C)N1CCCC(c2nnc3ccc(C(F)(F)F)cn23)C1. The highest BCUT2D eigenvalue weighted by Gasteiger charge is 2.33. The fraction of sp³-hybridized carbons (Fsp3) is 0.650. The van der Waals surface area contributed by atoms with Crippen LogP contribution in [0.25, 0.3) is 5.65 Å². The first-order chi connectivity index (χ1) is 13.7. The van der Waals surface area contributed by atoms with Crippen LogP contribution in [0, 0.1) is 0 Å². The van der Waals surface area contributed by atoms with Crippen LogP contribution in [-0.4, -0.2) is 50.6 Å². The summed E-state index contributed by atoms with van der Waals surface area (Å²) in [6.07, 6.45) is 0.0498. The fourth-order valence-corrected chi connectivity index (χ4v) is 3.90. The zero-order valence-corrected chi connectivity index (χ0v) is 17.0. The summed E-state index contributed by atoms with van der Waals surface area (Å²) in [5, 5.41) is 11.3. The molecule has 1 aliphatic heterocycles. The van der Waals surface area contributed by atoms with Crippen molar-refractivity contribution in [2.45, 2.75) is 70.6 Å². The number of alkyl halides is 3. The molecule has 9 heteroatoms. The molecule has 2 aromatic rings. The van der Waals surface area contributed by atoms with Gasteiger partial charge in [0.25, 0.3) is 0 Å². The molecule has 0 aromatic carbocycles. The molecule has 0 bridgehead atoms. The lowest BCUT2D eigenvalue weighted by Crippen LogP contribution is -2.50. The molecule has 2 aromatic heterocycles. The van der Waals surface area contributed by atoms with Crippen LogP contribution in [0.2, 0.25) is 0 Å². The van der Waals surface area contributed by atoms with E-state index in [4.69, 9.17) is 0 Å². The number of nitrogens with zero attached hydrogens (tertiary/aromatic N) is 4. The third-order valence-electron chi connectivity index (χ3n) is 5.83. The monoisotopic (exact) mass is 411 g/mol. The Morgan fingerprint density at radius 1 is 1.28 bits per heavy atom. The summed E-state index contributed by atoms with van der Waals surface area (Å²) < 4.78 is 40.8. The van der Waals surface area contributed by atoms with Crippen molar-refractivity contribution >= 4 is 11.6 Å². The van der Waals surface area contributed by atoms with Crippen LogP contribution in [0.5, 0.6) is 0 Å². The summed E-state index contributed by atoms with van der Waals surface area (Å²) in [4.78, 5) is 14.7. The standard InChI is InChI=1S/C20H28F3N5O/c1-4-16(5-2)24-19(29)13(3)27-10-6-7-14(11-27)18-26-25-17-9-8-15(12-28(17)18)20(21,22)23/h8-9,12-14,16H,4-7,10-11H2,1-3H3,(H,24,29). The Morgan fingerprint density at radius 3 is 2.66 bits per heavy atom. The van der Waals surface area contributed by atoms with Gasteiger partial charge in [0.05, 0.1) is 11.6 Å². The van der Waals surface area contributed by atoms with Crippen LogP contribution < -0.4 is 5.32 Å². The van der Waals surface area contributed by atoms with E-state index in [2.05, 4.69) is 20.4 Å². The number of hydrogen-bond acceptors (Lipinski definition) is 4. The molecule has 1 amide bonds. The summed E-state index contributed by atoms with van der Waals surface area (Å²) in [6, 6.07) is 2.21. The molecule has 1 fully saturated rings. The second kappa shape index (κ2) is 8.69. The zero-order chi connectivity index (χ0) is 21.2. The lowest BCUT2D eigenvalue weighted by molar-refractivity contribution is -0.138. The van der Waals surface area contributed by atoms with Crippen LogP contribution in [0.1, 0.15) is 63.8 Å². The van der Waals surface area contributed by atoms with Crippen LogP contribution in [-0.2, 0) is 11.0 Å². The van der Waals surface area contributed by atoms with E-state index >= 15 is 0 Å². The van der Waals surface area contributed by atoms with Crippen LogP contribution >= 0.6 is 0 Å². The molecule has 29 heavy (non-hydrogen) atoms. The fourth-order valence-electron chi connectivity index (χ4n) is 3.90. The van der Waals surface area contributed by atoms with Gasteiger partial charge in [0.2, 0.25) is 5.91 Å². The van der Waals surface area contributed by atoms with Crippen molar-refractivity contribution in [3.63, 3.8) is 0 Å². The first kappa shape index (κ1) is 21.5. The first-order valence-electron chi connectivity index (χ1n) is 10.2. The minimum Gasteiger partial charge on any atom is -0.352 e. The van der Waals surface area contributed by atoms with Gasteiger partial charge in [-0.2, -0.15) is 13.2 Å². The number of fused-ring (bicyclic) bond motifs is 1. The zero-order valence-electron chi connectivity index (χ0n) is 17.0. The molecule has 0 spiro atoms. The molecule has 0 aliphatic carbocycles. The van der Waals surface area contributed by atoms with E-state index in [9.17, 15) is 18.0 Å². The molecule has 160 valence electrons. The number of halogens is 3. The van der Waals surface area contributed by atoms with Gasteiger partial charge in [-0.15, -0.1) is 10.2 Å². The normalized spacial score (nSPS) is 19.6. The molecular formula is C20H28F3N5O. The molecule has 2 unspecified atom stereocenters. The topological polar surface area (TPSA) is 62.5 Å². The maximum absolute atomic E-state index is 13.1. The van der Waals surface area contributed by atoms with Crippen molar-refractivity contribution in [3.05, 3.63) is 29.7 Å². The maximum Gasteiger partial charge on any atom is 0.417 e. The van der Waals surface area contributed by atoms with E-state index in [0.29, 0.717) is 18.0 Å². The quantitative estimate of drug-likeness (QED) is 0.789. The Morgan fingerprint density at radius 2 is 2.00 bits per heavy atom. The van der Waals surface area contributed by atoms with Gasteiger partial charge in [-0.05, 0) is 51.3 Å². The van der Waals surface area contributed by atoms with Crippen molar-refractivity contribution in [2.75, 3.05) is 13.1 Å². The van der Waals surface area contributed by atoms with Crippen molar-refractivity contribution in [1.82, 2.24) is 24.8 Å². The number of hydrogen-bond donors (Lipinski definition) is 1. The van der Waals surface area contributed by atoms with E-state index < -0.39 is 11.7 Å². The van der Waals surface area contributed by atoms with Gasteiger partial charge in [0.1, 0.15) is 5.82 Å². The van der Waals surface area contributed by atoms with Gasteiger partial charge in [0.15, 0.2) is 5.65 Å². The second-order valence-electron chi connectivity index (χ2n) is 7.73. The molecule has 0 radical (unpaired) electrons. The Bertz CT molecular complexity index is 846. The highest BCUT2D eigenvalue weighted by molar-refractivity contribution is 5.81. The average molecular weight is 411 g/mol. The Hall–Kier alpha value is -2.16. The highest BCUT2D eigenvalue weighted by atomic mass is 19.4.